The highest BCUT2D eigenvalue weighted by Crippen LogP contribution is 2.15. The predicted molar refractivity (Wildman–Crippen MR) is 69.6 cm³/mol. The van der Waals surface area contributed by atoms with Crippen molar-refractivity contribution in [2.24, 2.45) is 0 Å². The summed E-state index contributed by atoms with van der Waals surface area (Å²) in [5.41, 5.74) is 0.0288. The normalized spacial score (nSPS) is 9.95. The number of nitrogens with one attached hydrogen (secondary N) is 1. The van der Waals surface area contributed by atoms with Crippen LogP contribution in [-0.4, -0.2) is 34.6 Å². The molecule has 20 heavy (non-hydrogen) atoms. The molecule has 7 heteroatoms. The molecule has 0 atom stereocenters. The lowest BCUT2D eigenvalue weighted by atomic mass is 10.2. The van der Waals surface area contributed by atoms with E-state index in [1.807, 2.05) is 0 Å². The number of anilines is 1. The molecule has 0 unspecified atom stereocenters. The molecule has 1 rings (SSSR count). The molecular weight excluding hydrogens is 265 g/mol. The Balaban J connectivity index is 2.88. The van der Waals surface area contributed by atoms with Crippen LogP contribution in [-0.2, 0) is 4.79 Å². The number of carbonyl (C=O) groups excluding carboxylic acids is 1. The quantitative estimate of drug-likeness (QED) is 0.881. The van der Waals surface area contributed by atoms with E-state index in [0.29, 0.717) is 0 Å². The molecule has 0 saturated carbocycles. The van der Waals surface area contributed by atoms with E-state index in [1.165, 1.54) is 12.1 Å². The third-order valence-electron chi connectivity index (χ3n) is 2.53. The first-order valence-corrected chi connectivity index (χ1v) is 5.84. The molecule has 0 spiro atoms. The SMILES string of the molecule is CC(C)N(CC(=O)O)C(=O)Nc1ccc(F)c(C#N)c1. The van der Waals surface area contributed by atoms with Gasteiger partial charge in [0.1, 0.15) is 18.4 Å². The number of nitriles is 1. The topological polar surface area (TPSA) is 93.4 Å². The van der Waals surface area contributed by atoms with Crippen LogP contribution < -0.4 is 5.32 Å². The van der Waals surface area contributed by atoms with Gasteiger partial charge in [0.05, 0.1) is 5.56 Å². The Labute approximate surface area is 115 Å². The van der Waals surface area contributed by atoms with Gasteiger partial charge in [0.2, 0.25) is 0 Å². The number of aliphatic carboxylic acids is 1. The van der Waals surface area contributed by atoms with Crippen LogP contribution in [0.1, 0.15) is 19.4 Å². The van der Waals surface area contributed by atoms with Crippen LogP contribution in [0.4, 0.5) is 14.9 Å². The highest BCUT2D eigenvalue weighted by molar-refractivity contribution is 5.91. The molecule has 2 amide bonds. The van der Waals surface area contributed by atoms with Gasteiger partial charge in [-0.15, -0.1) is 0 Å². The number of hydrogen-bond donors (Lipinski definition) is 2. The van der Waals surface area contributed by atoms with Crippen LogP contribution in [0, 0.1) is 17.1 Å². The summed E-state index contributed by atoms with van der Waals surface area (Å²) < 4.78 is 13.1. The maximum atomic E-state index is 13.1. The van der Waals surface area contributed by atoms with Crippen molar-refractivity contribution in [2.75, 3.05) is 11.9 Å². The van der Waals surface area contributed by atoms with Crippen molar-refractivity contribution in [3.8, 4) is 6.07 Å². The summed E-state index contributed by atoms with van der Waals surface area (Å²) in [5, 5.41) is 19.9. The molecule has 0 fully saturated rings. The minimum absolute atomic E-state index is 0.197. The van der Waals surface area contributed by atoms with E-state index in [0.717, 1.165) is 11.0 Å². The van der Waals surface area contributed by atoms with Crippen molar-refractivity contribution in [3.05, 3.63) is 29.6 Å². The molecule has 0 aliphatic rings. The molecule has 0 saturated heterocycles. The second-order valence-electron chi connectivity index (χ2n) is 4.35. The van der Waals surface area contributed by atoms with Crippen LogP contribution in [0.15, 0.2) is 18.2 Å². The molecule has 106 valence electrons. The summed E-state index contributed by atoms with van der Waals surface area (Å²) in [6, 6.07) is 4.26. The molecular formula is C13H14FN3O3. The number of nitrogens with zero attached hydrogens (tertiary/aromatic N) is 2. The summed E-state index contributed by atoms with van der Waals surface area (Å²) in [5.74, 6) is -1.82. The Hall–Kier alpha value is -2.62. The van der Waals surface area contributed by atoms with Gasteiger partial charge < -0.3 is 15.3 Å². The Morgan fingerprint density at radius 2 is 2.15 bits per heavy atom. The fourth-order valence-corrected chi connectivity index (χ4v) is 1.52. The first kappa shape index (κ1) is 15.4. The van der Waals surface area contributed by atoms with E-state index in [4.69, 9.17) is 10.4 Å². The van der Waals surface area contributed by atoms with E-state index >= 15 is 0 Å². The van der Waals surface area contributed by atoms with Gasteiger partial charge in [-0.1, -0.05) is 0 Å². The predicted octanol–water partition coefficient (Wildman–Crippen LogP) is 2.02. The zero-order chi connectivity index (χ0) is 15.3. The summed E-state index contributed by atoms with van der Waals surface area (Å²) in [6.45, 7) is 2.90. The Kier molecular flexibility index (Phi) is 5.03. The van der Waals surface area contributed by atoms with E-state index in [9.17, 15) is 14.0 Å². The number of urea groups is 1. The lowest BCUT2D eigenvalue weighted by Crippen LogP contribution is -2.43. The number of rotatable bonds is 4. The molecule has 1 aromatic carbocycles. The molecule has 0 radical (unpaired) electrons. The minimum atomic E-state index is -1.13. The molecule has 0 aromatic heterocycles. The molecule has 1 aromatic rings. The zero-order valence-electron chi connectivity index (χ0n) is 11.1. The van der Waals surface area contributed by atoms with Crippen molar-refractivity contribution in [2.45, 2.75) is 19.9 Å². The van der Waals surface area contributed by atoms with Gasteiger partial charge in [-0.05, 0) is 32.0 Å². The van der Waals surface area contributed by atoms with Crippen molar-refractivity contribution >= 4 is 17.7 Å². The maximum absolute atomic E-state index is 13.1. The average Bonchev–Trinajstić information content (AvgIpc) is 2.37. The standard InChI is InChI=1S/C13H14FN3O3/c1-8(2)17(7-12(18)19)13(20)16-10-3-4-11(14)9(5-10)6-15/h3-5,8H,7H2,1-2H3,(H,16,20)(H,18,19). The van der Waals surface area contributed by atoms with E-state index in [-0.39, 0.29) is 17.3 Å². The second-order valence-corrected chi connectivity index (χ2v) is 4.35. The second kappa shape index (κ2) is 6.52. The number of halogens is 1. The minimum Gasteiger partial charge on any atom is -0.480 e. The monoisotopic (exact) mass is 279 g/mol. The number of carbonyl (C=O) groups is 2. The van der Waals surface area contributed by atoms with Crippen LogP contribution >= 0.6 is 0 Å². The smallest absolute Gasteiger partial charge is 0.323 e. The number of carboxylic acids is 1. The summed E-state index contributed by atoms with van der Waals surface area (Å²) in [6.07, 6.45) is 0. The Bertz CT molecular complexity index is 566. The van der Waals surface area contributed by atoms with E-state index in [2.05, 4.69) is 5.32 Å². The molecule has 0 aliphatic heterocycles. The maximum Gasteiger partial charge on any atom is 0.323 e. The Morgan fingerprint density at radius 3 is 2.65 bits per heavy atom. The van der Waals surface area contributed by atoms with Crippen LogP contribution in [0.5, 0.6) is 0 Å². The fourth-order valence-electron chi connectivity index (χ4n) is 1.52. The highest BCUT2D eigenvalue weighted by Gasteiger charge is 2.20. The summed E-state index contributed by atoms with van der Waals surface area (Å²) in [7, 11) is 0. The lowest BCUT2D eigenvalue weighted by Gasteiger charge is -2.25. The van der Waals surface area contributed by atoms with Gasteiger partial charge in [0, 0.05) is 11.7 Å². The summed E-state index contributed by atoms with van der Waals surface area (Å²) in [4.78, 5) is 23.8. The van der Waals surface area contributed by atoms with Crippen LogP contribution in [0.2, 0.25) is 0 Å². The van der Waals surface area contributed by atoms with Crippen LogP contribution in [0.25, 0.3) is 0 Å². The van der Waals surface area contributed by atoms with E-state index in [1.54, 1.807) is 19.9 Å². The highest BCUT2D eigenvalue weighted by atomic mass is 19.1. The number of amides is 2. The van der Waals surface area contributed by atoms with Crippen molar-refractivity contribution in [3.63, 3.8) is 0 Å². The third kappa shape index (κ3) is 3.95. The lowest BCUT2D eigenvalue weighted by molar-refractivity contribution is -0.137. The molecule has 2 N–H and O–H groups in total. The third-order valence-corrected chi connectivity index (χ3v) is 2.53. The van der Waals surface area contributed by atoms with Gasteiger partial charge in [-0.25, -0.2) is 9.18 Å². The first-order chi connectivity index (χ1) is 9.35. The zero-order valence-corrected chi connectivity index (χ0v) is 11.1. The average molecular weight is 279 g/mol. The number of carboxylic acid groups (broad SMARTS) is 1. The van der Waals surface area contributed by atoms with Crippen molar-refractivity contribution in [1.82, 2.24) is 4.90 Å². The van der Waals surface area contributed by atoms with Gasteiger partial charge >= 0.3 is 12.0 Å². The van der Waals surface area contributed by atoms with Gasteiger partial charge in [0.15, 0.2) is 0 Å². The number of benzene rings is 1. The van der Waals surface area contributed by atoms with Crippen molar-refractivity contribution in [1.29, 1.82) is 5.26 Å². The largest absolute Gasteiger partial charge is 0.480 e. The summed E-state index contributed by atoms with van der Waals surface area (Å²) >= 11 is 0. The molecule has 0 aliphatic carbocycles. The number of hydrogen-bond acceptors (Lipinski definition) is 3. The molecule has 0 heterocycles. The molecule has 6 nitrogen and oxygen atoms in total. The van der Waals surface area contributed by atoms with Crippen LogP contribution in [0.3, 0.4) is 0 Å². The molecule has 0 bridgehead atoms. The van der Waals surface area contributed by atoms with Gasteiger partial charge in [-0.2, -0.15) is 5.26 Å². The van der Waals surface area contributed by atoms with Crippen molar-refractivity contribution < 1.29 is 19.1 Å². The van der Waals surface area contributed by atoms with Gasteiger partial charge in [-0.3, -0.25) is 4.79 Å². The Morgan fingerprint density at radius 1 is 1.50 bits per heavy atom. The first-order valence-electron chi connectivity index (χ1n) is 5.84. The fraction of sp³-hybridized carbons (Fsp3) is 0.308. The van der Waals surface area contributed by atoms with E-state index < -0.39 is 24.4 Å². The van der Waals surface area contributed by atoms with Gasteiger partial charge in [0.25, 0.3) is 0 Å².